The largest absolute Gasteiger partial charge is 0.419 e. The van der Waals surface area contributed by atoms with Crippen molar-refractivity contribution < 1.29 is 27.5 Å². The van der Waals surface area contributed by atoms with Gasteiger partial charge in [-0.25, -0.2) is 4.39 Å². The summed E-state index contributed by atoms with van der Waals surface area (Å²) in [5.74, 6) is -3.66. The molecule has 0 fully saturated rings. The van der Waals surface area contributed by atoms with Gasteiger partial charge in [0.15, 0.2) is 0 Å². The fourth-order valence-electron chi connectivity index (χ4n) is 1.34. The Labute approximate surface area is 93.8 Å². The second-order valence-electron chi connectivity index (χ2n) is 3.37. The van der Waals surface area contributed by atoms with Crippen LogP contribution in [0.1, 0.15) is 17.0 Å². The van der Waals surface area contributed by atoms with Gasteiger partial charge in [0.25, 0.3) is 0 Å². The summed E-state index contributed by atoms with van der Waals surface area (Å²) < 4.78 is 49.9. The number of hydrogen-bond donors (Lipinski definition) is 2. The van der Waals surface area contributed by atoms with Crippen LogP contribution in [0.2, 0.25) is 0 Å². The molecule has 1 aromatic rings. The third-order valence-corrected chi connectivity index (χ3v) is 2.23. The minimum atomic E-state index is -4.80. The van der Waals surface area contributed by atoms with Crippen LogP contribution in [0.5, 0.6) is 0 Å². The normalized spacial score (nSPS) is 13.5. The Balaban J connectivity index is 3.16. The van der Waals surface area contributed by atoms with Gasteiger partial charge in [-0.15, -0.1) is 0 Å². The van der Waals surface area contributed by atoms with E-state index in [2.05, 4.69) is 0 Å². The molecule has 0 bridgehead atoms. The Morgan fingerprint density at radius 3 is 2.35 bits per heavy atom. The molecular weight excluding hydrogens is 242 g/mol. The summed E-state index contributed by atoms with van der Waals surface area (Å²) in [6.07, 6.45) is -4.80. The van der Waals surface area contributed by atoms with Gasteiger partial charge in [-0.3, -0.25) is 4.79 Å². The lowest BCUT2D eigenvalue weighted by atomic mass is 9.98. The highest BCUT2D eigenvalue weighted by Crippen LogP contribution is 2.32. The van der Waals surface area contributed by atoms with Crippen LogP contribution in [-0.2, 0) is 11.0 Å². The molecule has 0 saturated heterocycles. The van der Waals surface area contributed by atoms with E-state index in [1.807, 2.05) is 0 Å². The molecule has 1 unspecified atom stereocenters. The van der Waals surface area contributed by atoms with Gasteiger partial charge >= 0.3 is 6.18 Å². The average molecular weight is 251 g/mol. The van der Waals surface area contributed by atoms with Gasteiger partial charge in [-0.1, -0.05) is 6.07 Å². The summed E-state index contributed by atoms with van der Waals surface area (Å²) in [4.78, 5) is 10.8. The van der Waals surface area contributed by atoms with Crippen molar-refractivity contribution in [3.8, 4) is 0 Å². The summed E-state index contributed by atoms with van der Waals surface area (Å²) >= 11 is 0. The van der Waals surface area contributed by atoms with Gasteiger partial charge in [0.2, 0.25) is 5.91 Å². The van der Waals surface area contributed by atoms with Crippen molar-refractivity contribution in [1.82, 2.24) is 0 Å². The van der Waals surface area contributed by atoms with Crippen LogP contribution in [0.25, 0.3) is 0 Å². The second-order valence-corrected chi connectivity index (χ2v) is 3.37. The summed E-state index contributed by atoms with van der Waals surface area (Å²) in [6.45, 7) is -0.694. The molecule has 0 aliphatic heterocycles. The molecule has 3 N–H and O–H groups in total. The predicted molar refractivity (Wildman–Crippen MR) is 50.4 cm³/mol. The maximum absolute atomic E-state index is 13.2. The van der Waals surface area contributed by atoms with Crippen molar-refractivity contribution in [3.05, 3.63) is 35.1 Å². The number of primary amides is 1. The number of aliphatic hydroxyl groups is 1. The zero-order chi connectivity index (χ0) is 13.2. The average Bonchev–Trinajstić information content (AvgIpc) is 2.15. The van der Waals surface area contributed by atoms with Crippen molar-refractivity contribution in [2.75, 3.05) is 6.61 Å². The van der Waals surface area contributed by atoms with Crippen molar-refractivity contribution in [3.63, 3.8) is 0 Å². The first-order valence-electron chi connectivity index (χ1n) is 4.54. The summed E-state index contributed by atoms with van der Waals surface area (Å²) in [5, 5.41) is 8.82. The van der Waals surface area contributed by atoms with Gasteiger partial charge in [-0.2, -0.15) is 13.2 Å². The maximum atomic E-state index is 13.2. The SMILES string of the molecule is NC(=O)C(CO)c1ccc(C(F)(F)F)c(F)c1. The van der Waals surface area contributed by atoms with Crippen LogP contribution in [-0.4, -0.2) is 17.6 Å². The number of aliphatic hydroxyl groups excluding tert-OH is 1. The van der Waals surface area contributed by atoms with E-state index < -0.39 is 36.0 Å². The Hall–Kier alpha value is -1.63. The molecule has 0 heterocycles. The molecule has 17 heavy (non-hydrogen) atoms. The maximum Gasteiger partial charge on any atom is 0.419 e. The zero-order valence-electron chi connectivity index (χ0n) is 8.46. The third kappa shape index (κ3) is 2.94. The number of nitrogens with two attached hydrogens (primary N) is 1. The molecule has 0 radical (unpaired) electrons. The predicted octanol–water partition coefficient (Wildman–Crippen LogP) is 1.41. The van der Waals surface area contributed by atoms with Gasteiger partial charge in [0, 0.05) is 0 Å². The molecule has 0 saturated carbocycles. The molecule has 0 aliphatic carbocycles. The van der Waals surface area contributed by atoms with Crippen molar-refractivity contribution in [2.24, 2.45) is 5.73 Å². The van der Waals surface area contributed by atoms with E-state index in [9.17, 15) is 22.4 Å². The molecule has 7 heteroatoms. The number of carbonyl (C=O) groups is 1. The summed E-state index contributed by atoms with van der Waals surface area (Å²) in [5.41, 5.74) is 3.39. The summed E-state index contributed by atoms with van der Waals surface area (Å²) in [6, 6.07) is 1.97. The molecule has 0 aromatic heterocycles. The molecule has 3 nitrogen and oxygen atoms in total. The number of amides is 1. The van der Waals surface area contributed by atoms with Crippen LogP contribution in [0, 0.1) is 5.82 Å². The highest BCUT2D eigenvalue weighted by molar-refractivity contribution is 5.82. The van der Waals surface area contributed by atoms with E-state index in [-0.39, 0.29) is 5.56 Å². The topological polar surface area (TPSA) is 63.3 Å². The Bertz CT molecular complexity index is 431. The number of alkyl halides is 3. The zero-order valence-corrected chi connectivity index (χ0v) is 8.46. The monoisotopic (exact) mass is 251 g/mol. The van der Waals surface area contributed by atoms with Crippen molar-refractivity contribution in [1.29, 1.82) is 0 Å². The van der Waals surface area contributed by atoms with Crippen LogP contribution in [0.15, 0.2) is 18.2 Å². The molecule has 94 valence electrons. The number of hydrogen-bond acceptors (Lipinski definition) is 2. The van der Waals surface area contributed by atoms with E-state index in [1.165, 1.54) is 0 Å². The van der Waals surface area contributed by atoms with E-state index in [0.717, 1.165) is 6.07 Å². The lowest BCUT2D eigenvalue weighted by Gasteiger charge is -2.13. The molecule has 1 atom stereocenters. The fraction of sp³-hybridized carbons (Fsp3) is 0.300. The first kappa shape index (κ1) is 13.4. The van der Waals surface area contributed by atoms with E-state index in [4.69, 9.17) is 10.8 Å². The van der Waals surface area contributed by atoms with E-state index in [1.54, 1.807) is 0 Å². The van der Waals surface area contributed by atoms with Crippen molar-refractivity contribution >= 4 is 5.91 Å². The summed E-state index contributed by atoms with van der Waals surface area (Å²) in [7, 11) is 0. The third-order valence-electron chi connectivity index (χ3n) is 2.23. The van der Waals surface area contributed by atoms with E-state index in [0.29, 0.717) is 12.1 Å². The smallest absolute Gasteiger partial charge is 0.395 e. The highest BCUT2D eigenvalue weighted by atomic mass is 19.4. The van der Waals surface area contributed by atoms with Crippen LogP contribution in [0.4, 0.5) is 17.6 Å². The molecule has 0 aliphatic rings. The standard InChI is InChI=1S/C10H9F4NO2/c11-8-3-5(6(4-16)9(15)17)1-2-7(8)10(12,13)14/h1-3,6,16H,4H2,(H2,15,17). The Kier molecular flexibility index (Phi) is 3.72. The van der Waals surface area contributed by atoms with Gasteiger partial charge in [-0.05, 0) is 17.7 Å². The Morgan fingerprint density at radius 1 is 1.41 bits per heavy atom. The first-order chi connectivity index (χ1) is 7.77. The Morgan fingerprint density at radius 2 is 2.00 bits per heavy atom. The minimum absolute atomic E-state index is 0.0921. The number of halogens is 4. The quantitative estimate of drug-likeness (QED) is 0.798. The lowest BCUT2D eigenvalue weighted by Crippen LogP contribution is -2.24. The highest BCUT2D eigenvalue weighted by Gasteiger charge is 2.34. The van der Waals surface area contributed by atoms with Gasteiger partial charge in [0.1, 0.15) is 5.82 Å². The van der Waals surface area contributed by atoms with Gasteiger partial charge in [0.05, 0.1) is 18.1 Å². The van der Waals surface area contributed by atoms with Crippen LogP contribution in [0.3, 0.4) is 0 Å². The number of benzene rings is 1. The minimum Gasteiger partial charge on any atom is -0.395 e. The molecule has 1 rings (SSSR count). The number of carbonyl (C=O) groups excluding carboxylic acids is 1. The first-order valence-corrected chi connectivity index (χ1v) is 4.54. The second kappa shape index (κ2) is 4.70. The van der Waals surface area contributed by atoms with Crippen LogP contribution >= 0.6 is 0 Å². The molecule has 1 amide bonds. The number of rotatable bonds is 3. The fourth-order valence-corrected chi connectivity index (χ4v) is 1.34. The lowest BCUT2D eigenvalue weighted by molar-refractivity contribution is -0.140. The molecule has 1 aromatic carbocycles. The van der Waals surface area contributed by atoms with Crippen LogP contribution < -0.4 is 5.73 Å². The van der Waals surface area contributed by atoms with Crippen molar-refractivity contribution in [2.45, 2.75) is 12.1 Å². The molecular formula is C10H9F4NO2. The van der Waals surface area contributed by atoms with Gasteiger partial charge < -0.3 is 10.8 Å². The molecule has 0 spiro atoms. The van der Waals surface area contributed by atoms with E-state index >= 15 is 0 Å².